The third kappa shape index (κ3) is 3.47. The van der Waals surface area contributed by atoms with Crippen LogP contribution in [0.5, 0.6) is 0 Å². The van der Waals surface area contributed by atoms with Gasteiger partial charge in [0.2, 0.25) is 0 Å². The van der Waals surface area contributed by atoms with Crippen molar-refractivity contribution in [3.8, 4) is 11.3 Å². The number of halogens is 1. The monoisotopic (exact) mass is 371 g/mol. The molecule has 0 unspecified atom stereocenters. The van der Waals surface area contributed by atoms with E-state index in [2.05, 4.69) is 9.97 Å². The van der Waals surface area contributed by atoms with E-state index in [0.717, 1.165) is 16.5 Å². The van der Waals surface area contributed by atoms with Crippen LogP contribution in [0.4, 0.5) is 4.39 Å². The number of aromatic nitrogens is 2. The topological polar surface area (TPSA) is 46.1 Å². The van der Waals surface area contributed by atoms with Crippen molar-refractivity contribution in [1.82, 2.24) is 14.9 Å². The molecule has 0 fully saturated rings. The second kappa shape index (κ2) is 7.56. The lowest BCUT2D eigenvalue weighted by atomic mass is 10.0. The Hall–Kier alpha value is -3.60. The van der Waals surface area contributed by atoms with E-state index in [1.807, 2.05) is 36.4 Å². The zero-order valence-electron chi connectivity index (χ0n) is 15.3. The number of carbonyl (C=O) groups is 1. The smallest absolute Gasteiger partial charge is 0.254 e. The average Bonchev–Trinajstić information content (AvgIpc) is 2.74. The van der Waals surface area contributed by atoms with E-state index in [1.165, 1.54) is 11.0 Å². The van der Waals surface area contributed by atoms with Crippen LogP contribution >= 0.6 is 0 Å². The summed E-state index contributed by atoms with van der Waals surface area (Å²) in [7, 11) is 1.67. The number of carbonyl (C=O) groups excluding carboxylic acids is 1. The molecule has 0 aliphatic carbocycles. The Kier molecular flexibility index (Phi) is 4.81. The van der Waals surface area contributed by atoms with Crippen LogP contribution in [0.3, 0.4) is 0 Å². The van der Waals surface area contributed by atoms with Gasteiger partial charge in [0.05, 0.1) is 16.8 Å². The highest BCUT2D eigenvalue weighted by molar-refractivity contribution is 6.07. The van der Waals surface area contributed by atoms with Crippen molar-refractivity contribution in [2.24, 2.45) is 0 Å². The molecule has 0 bridgehead atoms. The SMILES string of the molecule is CN(Cc1ccccc1F)C(=O)c1cc(-c2cccnc2)nc2ccccc12. The maximum atomic E-state index is 14.0. The zero-order chi connectivity index (χ0) is 19.5. The van der Waals surface area contributed by atoms with E-state index in [4.69, 9.17) is 0 Å². The molecular formula is C23H18FN3O. The van der Waals surface area contributed by atoms with E-state index in [0.29, 0.717) is 16.8 Å². The molecule has 2 aromatic heterocycles. The van der Waals surface area contributed by atoms with Crippen LogP contribution in [-0.2, 0) is 6.54 Å². The summed E-state index contributed by atoms with van der Waals surface area (Å²) in [5, 5.41) is 0.764. The number of para-hydroxylation sites is 1. The van der Waals surface area contributed by atoms with Gasteiger partial charge in [-0.05, 0) is 30.3 Å². The number of nitrogens with zero attached hydrogens (tertiary/aromatic N) is 3. The van der Waals surface area contributed by atoms with Gasteiger partial charge in [0.25, 0.3) is 5.91 Å². The standard InChI is InChI=1S/C23H18FN3O/c1-27(15-17-7-2-4-10-20(17)24)23(28)19-13-22(16-8-6-12-25-14-16)26-21-11-5-3-9-18(19)21/h2-14H,15H2,1H3. The molecule has 0 spiro atoms. The Bertz CT molecular complexity index is 1140. The summed E-state index contributed by atoms with van der Waals surface area (Å²) in [4.78, 5) is 23.6. The number of rotatable bonds is 4. The van der Waals surface area contributed by atoms with Crippen molar-refractivity contribution in [3.63, 3.8) is 0 Å². The first-order valence-electron chi connectivity index (χ1n) is 8.92. The summed E-state index contributed by atoms with van der Waals surface area (Å²) in [5.74, 6) is -0.509. The summed E-state index contributed by atoms with van der Waals surface area (Å²) in [6, 6.07) is 19.5. The van der Waals surface area contributed by atoms with Crippen molar-refractivity contribution in [1.29, 1.82) is 0 Å². The molecule has 0 radical (unpaired) electrons. The Morgan fingerprint density at radius 3 is 2.61 bits per heavy atom. The fraction of sp³-hybridized carbons (Fsp3) is 0.0870. The van der Waals surface area contributed by atoms with Gasteiger partial charge in [-0.1, -0.05) is 36.4 Å². The minimum absolute atomic E-state index is 0.185. The molecule has 2 heterocycles. The van der Waals surface area contributed by atoms with Gasteiger partial charge in [0.1, 0.15) is 5.82 Å². The van der Waals surface area contributed by atoms with E-state index in [-0.39, 0.29) is 18.3 Å². The maximum Gasteiger partial charge on any atom is 0.254 e. The minimum atomic E-state index is -0.321. The first-order valence-corrected chi connectivity index (χ1v) is 8.92. The largest absolute Gasteiger partial charge is 0.337 e. The van der Waals surface area contributed by atoms with Gasteiger partial charge < -0.3 is 4.90 Å². The lowest BCUT2D eigenvalue weighted by Gasteiger charge is -2.19. The van der Waals surface area contributed by atoms with E-state index in [1.54, 1.807) is 43.7 Å². The third-order valence-electron chi connectivity index (χ3n) is 4.62. The van der Waals surface area contributed by atoms with Crippen molar-refractivity contribution in [2.75, 3.05) is 7.05 Å². The summed E-state index contributed by atoms with van der Waals surface area (Å²) < 4.78 is 14.0. The maximum absolute atomic E-state index is 14.0. The normalized spacial score (nSPS) is 10.8. The Morgan fingerprint density at radius 1 is 1.04 bits per heavy atom. The van der Waals surface area contributed by atoms with Crippen molar-refractivity contribution < 1.29 is 9.18 Å². The fourth-order valence-corrected chi connectivity index (χ4v) is 3.17. The van der Waals surface area contributed by atoms with Crippen molar-refractivity contribution in [3.05, 3.63) is 96.1 Å². The first kappa shape index (κ1) is 17.8. The molecule has 4 nitrogen and oxygen atoms in total. The molecule has 28 heavy (non-hydrogen) atoms. The Balaban J connectivity index is 1.76. The molecule has 0 atom stereocenters. The fourth-order valence-electron chi connectivity index (χ4n) is 3.17. The van der Waals surface area contributed by atoms with Crippen LogP contribution in [0.25, 0.3) is 22.2 Å². The Morgan fingerprint density at radius 2 is 1.82 bits per heavy atom. The Labute approximate surface area is 162 Å². The van der Waals surface area contributed by atoms with Crippen LogP contribution in [0.2, 0.25) is 0 Å². The molecule has 5 heteroatoms. The van der Waals surface area contributed by atoms with Crippen LogP contribution in [0.15, 0.2) is 79.1 Å². The second-order valence-corrected chi connectivity index (χ2v) is 6.57. The van der Waals surface area contributed by atoms with Gasteiger partial charge in [-0.25, -0.2) is 9.37 Å². The number of hydrogen-bond donors (Lipinski definition) is 0. The second-order valence-electron chi connectivity index (χ2n) is 6.57. The van der Waals surface area contributed by atoms with E-state index in [9.17, 15) is 9.18 Å². The van der Waals surface area contributed by atoms with Crippen LogP contribution in [0.1, 0.15) is 15.9 Å². The molecule has 2 aromatic carbocycles. The van der Waals surface area contributed by atoms with Crippen molar-refractivity contribution in [2.45, 2.75) is 6.54 Å². The third-order valence-corrected chi connectivity index (χ3v) is 4.62. The molecular weight excluding hydrogens is 353 g/mol. The van der Waals surface area contributed by atoms with Gasteiger partial charge in [-0.3, -0.25) is 9.78 Å². The van der Waals surface area contributed by atoms with Crippen molar-refractivity contribution >= 4 is 16.8 Å². The summed E-state index contributed by atoms with van der Waals surface area (Å²) in [6.45, 7) is 0.185. The number of amides is 1. The molecule has 1 amide bonds. The molecule has 0 aliphatic heterocycles. The van der Waals surface area contributed by atoms with Gasteiger partial charge in [-0.15, -0.1) is 0 Å². The first-order chi connectivity index (χ1) is 13.6. The summed E-state index contributed by atoms with van der Waals surface area (Å²) in [5.41, 5.74) is 3.24. The van der Waals surface area contributed by atoms with E-state index < -0.39 is 0 Å². The molecule has 4 rings (SSSR count). The lowest BCUT2D eigenvalue weighted by Crippen LogP contribution is -2.27. The zero-order valence-corrected chi connectivity index (χ0v) is 15.3. The minimum Gasteiger partial charge on any atom is -0.337 e. The summed E-state index contributed by atoms with van der Waals surface area (Å²) >= 11 is 0. The van der Waals surface area contributed by atoms with Gasteiger partial charge in [0.15, 0.2) is 0 Å². The van der Waals surface area contributed by atoms with Crippen LogP contribution in [0, 0.1) is 5.82 Å². The van der Waals surface area contributed by atoms with Gasteiger partial charge >= 0.3 is 0 Å². The summed E-state index contributed by atoms with van der Waals surface area (Å²) in [6.07, 6.45) is 3.41. The molecule has 0 saturated heterocycles. The van der Waals surface area contributed by atoms with Gasteiger partial charge in [0, 0.05) is 42.5 Å². The lowest BCUT2D eigenvalue weighted by molar-refractivity contribution is 0.0786. The average molecular weight is 371 g/mol. The van der Waals surface area contributed by atoms with E-state index >= 15 is 0 Å². The predicted octanol–water partition coefficient (Wildman–Crippen LogP) is 4.71. The highest BCUT2D eigenvalue weighted by atomic mass is 19.1. The number of benzene rings is 2. The molecule has 138 valence electrons. The number of fused-ring (bicyclic) bond motifs is 1. The quantitative estimate of drug-likeness (QED) is 0.522. The molecule has 0 saturated carbocycles. The van der Waals surface area contributed by atoms with Crippen LogP contribution in [-0.4, -0.2) is 27.8 Å². The predicted molar refractivity (Wildman–Crippen MR) is 107 cm³/mol. The molecule has 4 aromatic rings. The molecule has 0 aliphatic rings. The molecule has 0 N–H and O–H groups in total. The highest BCUT2D eigenvalue weighted by Gasteiger charge is 2.18. The highest BCUT2D eigenvalue weighted by Crippen LogP contribution is 2.25. The number of pyridine rings is 2. The van der Waals surface area contributed by atoms with Gasteiger partial charge in [-0.2, -0.15) is 0 Å². The number of hydrogen-bond acceptors (Lipinski definition) is 3. The van der Waals surface area contributed by atoms with Crippen LogP contribution < -0.4 is 0 Å².